The number of unbranched alkanes of at least 4 members (excludes halogenated alkanes) is 1. The molecule has 0 aliphatic carbocycles. The van der Waals surface area contributed by atoms with Gasteiger partial charge < -0.3 is 15.3 Å². The van der Waals surface area contributed by atoms with E-state index in [-0.39, 0.29) is 18.9 Å². The third kappa shape index (κ3) is 7.18. The van der Waals surface area contributed by atoms with Gasteiger partial charge in [-0.05, 0) is 65.1 Å². The maximum absolute atomic E-state index is 12.4. The summed E-state index contributed by atoms with van der Waals surface area (Å²) in [6.45, 7) is 2.89. The quantitative estimate of drug-likeness (QED) is 0.162. The molecule has 0 fully saturated rings. The molecule has 0 bridgehead atoms. The first-order chi connectivity index (χ1) is 20.0. The van der Waals surface area contributed by atoms with Crippen molar-refractivity contribution < 1.29 is 14.7 Å². The summed E-state index contributed by atoms with van der Waals surface area (Å²) in [4.78, 5) is 30.4. The molecule has 1 heterocycles. The van der Waals surface area contributed by atoms with Gasteiger partial charge in [-0.1, -0.05) is 74.0 Å². The summed E-state index contributed by atoms with van der Waals surface area (Å²) >= 11 is 1.61. The summed E-state index contributed by atoms with van der Waals surface area (Å²) in [5.74, 6) is -1.22. The number of aryl methyl sites for hydroxylation is 1. The highest BCUT2D eigenvalue weighted by Gasteiger charge is 2.16. The van der Waals surface area contributed by atoms with Gasteiger partial charge in [0, 0.05) is 28.7 Å². The summed E-state index contributed by atoms with van der Waals surface area (Å²) in [5, 5.41) is 16.8. The molecule has 7 heteroatoms. The molecule has 0 radical (unpaired) electrons. The second-order valence-corrected chi connectivity index (χ2v) is 10.9. The molecule has 1 aromatic heterocycles. The van der Waals surface area contributed by atoms with Crippen LogP contribution < -0.4 is 10.2 Å². The number of hydrogen-bond acceptors (Lipinski definition) is 5. The maximum Gasteiger partial charge on any atom is 0.305 e. The van der Waals surface area contributed by atoms with E-state index < -0.39 is 5.97 Å². The van der Waals surface area contributed by atoms with E-state index in [1.807, 2.05) is 18.2 Å². The molecule has 0 saturated heterocycles. The van der Waals surface area contributed by atoms with Crippen LogP contribution in [0.4, 0.5) is 10.8 Å². The molecular weight excluding hydrogens is 530 g/mol. The number of thiazole rings is 1. The molecule has 0 spiro atoms. The minimum atomic E-state index is -0.940. The van der Waals surface area contributed by atoms with Crippen LogP contribution in [-0.2, 0) is 17.8 Å². The van der Waals surface area contributed by atoms with Crippen LogP contribution >= 0.6 is 11.3 Å². The Morgan fingerprint density at radius 3 is 2.37 bits per heavy atom. The number of hydrogen-bond donors (Lipinski definition) is 2. The topological polar surface area (TPSA) is 82.5 Å². The largest absolute Gasteiger partial charge is 0.481 e. The van der Waals surface area contributed by atoms with Gasteiger partial charge in [-0.25, -0.2) is 4.98 Å². The van der Waals surface area contributed by atoms with Crippen molar-refractivity contribution in [3.05, 3.63) is 113 Å². The van der Waals surface area contributed by atoms with Crippen molar-refractivity contribution in [1.29, 1.82) is 0 Å². The van der Waals surface area contributed by atoms with Crippen LogP contribution in [0.3, 0.4) is 0 Å². The zero-order chi connectivity index (χ0) is 28.6. The number of carboxylic acids is 1. The standard InChI is InChI=1S/C34H33N3O3S/c1-2-3-6-24-11-17-30(18-12-24)37(22-25-9-13-27(14-10-25)33(40)35-20-19-32(38)39)34-36-31(23-41-34)29-16-15-26-7-4-5-8-28(26)21-29/h4-5,7-18,21,23H,2-3,6,19-20,22H2,1H3,(H,35,40)(H,38,39). The number of carbonyl (C=O) groups excluding carboxylic acids is 1. The van der Waals surface area contributed by atoms with E-state index in [1.165, 1.54) is 22.8 Å². The van der Waals surface area contributed by atoms with Crippen LogP contribution in [-0.4, -0.2) is 28.5 Å². The fourth-order valence-electron chi connectivity index (χ4n) is 4.69. The summed E-state index contributed by atoms with van der Waals surface area (Å²) in [5.41, 5.74) is 5.93. The Kier molecular flexibility index (Phi) is 9.06. The summed E-state index contributed by atoms with van der Waals surface area (Å²) in [6.07, 6.45) is 3.29. The van der Waals surface area contributed by atoms with E-state index >= 15 is 0 Å². The van der Waals surface area contributed by atoms with Crippen LogP contribution in [0.1, 0.15) is 47.7 Å². The second kappa shape index (κ2) is 13.2. The monoisotopic (exact) mass is 563 g/mol. The fraction of sp³-hybridized carbons (Fsp3) is 0.206. The summed E-state index contributed by atoms with van der Waals surface area (Å²) in [7, 11) is 0. The molecule has 0 atom stereocenters. The number of rotatable bonds is 12. The summed E-state index contributed by atoms with van der Waals surface area (Å²) in [6, 6.07) is 30.9. The number of nitrogens with zero attached hydrogens (tertiary/aromatic N) is 2. The average Bonchev–Trinajstić information content (AvgIpc) is 3.49. The van der Waals surface area contributed by atoms with Gasteiger partial charge in [0.2, 0.25) is 0 Å². The minimum absolute atomic E-state index is 0.0987. The Bertz CT molecular complexity index is 1630. The van der Waals surface area contributed by atoms with Gasteiger partial charge in [0.1, 0.15) is 0 Å². The number of aliphatic carboxylic acids is 1. The molecule has 6 nitrogen and oxygen atoms in total. The zero-order valence-electron chi connectivity index (χ0n) is 23.0. The molecule has 0 aliphatic rings. The van der Waals surface area contributed by atoms with Crippen molar-refractivity contribution in [1.82, 2.24) is 10.3 Å². The van der Waals surface area contributed by atoms with Crippen molar-refractivity contribution in [3.63, 3.8) is 0 Å². The van der Waals surface area contributed by atoms with Gasteiger partial charge in [-0.3, -0.25) is 9.59 Å². The first-order valence-corrected chi connectivity index (χ1v) is 14.8. The third-order valence-electron chi connectivity index (χ3n) is 7.02. The number of carbonyl (C=O) groups is 2. The van der Waals surface area contributed by atoms with Crippen molar-refractivity contribution >= 4 is 44.8 Å². The second-order valence-electron chi connectivity index (χ2n) is 10.0. The predicted octanol–water partition coefficient (Wildman–Crippen LogP) is 7.85. The number of carboxylic acid groups (broad SMARTS) is 1. The zero-order valence-corrected chi connectivity index (χ0v) is 23.9. The van der Waals surface area contributed by atoms with Crippen LogP contribution in [0.25, 0.3) is 22.0 Å². The van der Waals surface area contributed by atoms with E-state index in [2.05, 4.69) is 83.2 Å². The Morgan fingerprint density at radius 1 is 0.902 bits per heavy atom. The average molecular weight is 564 g/mol. The molecule has 41 heavy (non-hydrogen) atoms. The highest BCUT2D eigenvalue weighted by molar-refractivity contribution is 7.14. The van der Waals surface area contributed by atoms with Gasteiger partial charge in [0.05, 0.1) is 18.7 Å². The number of anilines is 2. The van der Waals surface area contributed by atoms with Crippen LogP contribution in [0.5, 0.6) is 0 Å². The lowest BCUT2D eigenvalue weighted by atomic mass is 10.1. The predicted molar refractivity (Wildman–Crippen MR) is 167 cm³/mol. The van der Waals surface area contributed by atoms with Crippen LogP contribution in [0.15, 0.2) is 96.4 Å². The summed E-state index contributed by atoms with van der Waals surface area (Å²) < 4.78 is 0. The van der Waals surface area contributed by atoms with Gasteiger partial charge >= 0.3 is 5.97 Å². The van der Waals surface area contributed by atoms with Crippen LogP contribution in [0.2, 0.25) is 0 Å². The molecule has 5 rings (SSSR count). The van der Waals surface area contributed by atoms with Gasteiger partial charge in [0.15, 0.2) is 5.13 Å². The number of nitrogens with one attached hydrogen (secondary N) is 1. The Hall–Kier alpha value is -4.49. The van der Waals surface area contributed by atoms with E-state index in [0.29, 0.717) is 12.1 Å². The molecule has 208 valence electrons. The smallest absolute Gasteiger partial charge is 0.305 e. The number of aromatic nitrogens is 1. The van der Waals surface area contributed by atoms with Crippen molar-refractivity contribution in [2.45, 2.75) is 39.2 Å². The highest BCUT2D eigenvalue weighted by Crippen LogP contribution is 2.34. The first kappa shape index (κ1) is 28.1. The molecule has 4 aromatic carbocycles. The normalized spacial score (nSPS) is 11.0. The number of amides is 1. The molecular formula is C34H33N3O3S. The van der Waals surface area contributed by atoms with E-state index in [4.69, 9.17) is 10.1 Å². The fourth-order valence-corrected chi connectivity index (χ4v) is 5.55. The maximum atomic E-state index is 12.4. The van der Waals surface area contributed by atoms with Crippen molar-refractivity contribution in [2.75, 3.05) is 11.4 Å². The number of benzene rings is 4. The SMILES string of the molecule is CCCCc1ccc(N(Cc2ccc(C(=O)NCCC(=O)O)cc2)c2nc(-c3ccc4ccccc4c3)cs2)cc1. The first-order valence-electron chi connectivity index (χ1n) is 13.9. The Balaban J connectivity index is 1.40. The van der Waals surface area contributed by atoms with Gasteiger partial charge in [-0.2, -0.15) is 0 Å². The lowest BCUT2D eigenvalue weighted by molar-refractivity contribution is -0.136. The molecule has 0 aliphatic heterocycles. The number of fused-ring (bicyclic) bond motifs is 1. The minimum Gasteiger partial charge on any atom is -0.481 e. The molecule has 2 N–H and O–H groups in total. The van der Waals surface area contributed by atoms with E-state index in [0.717, 1.165) is 40.5 Å². The van der Waals surface area contributed by atoms with E-state index in [9.17, 15) is 9.59 Å². The van der Waals surface area contributed by atoms with Crippen molar-refractivity contribution in [3.8, 4) is 11.3 Å². The Morgan fingerprint density at radius 2 is 1.63 bits per heavy atom. The molecule has 0 saturated carbocycles. The third-order valence-corrected chi connectivity index (χ3v) is 7.88. The lowest BCUT2D eigenvalue weighted by Gasteiger charge is -2.23. The van der Waals surface area contributed by atoms with Gasteiger partial charge in [0.25, 0.3) is 5.91 Å². The van der Waals surface area contributed by atoms with Crippen LogP contribution in [0, 0.1) is 0 Å². The molecule has 1 amide bonds. The van der Waals surface area contributed by atoms with Gasteiger partial charge in [-0.15, -0.1) is 11.3 Å². The Labute approximate surface area is 244 Å². The highest BCUT2D eigenvalue weighted by atomic mass is 32.1. The van der Waals surface area contributed by atoms with E-state index in [1.54, 1.807) is 23.5 Å². The molecule has 5 aromatic rings. The molecule has 0 unspecified atom stereocenters. The van der Waals surface area contributed by atoms with Crippen molar-refractivity contribution in [2.24, 2.45) is 0 Å². The lowest BCUT2D eigenvalue weighted by Crippen LogP contribution is -2.26.